The number of hydrogen-bond acceptors (Lipinski definition) is 3. The van der Waals surface area contributed by atoms with Gasteiger partial charge in [0.2, 0.25) is 0 Å². The number of rotatable bonds is 2. The lowest BCUT2D eigenvalue weighted by Gasteiger charge is -2.29. The molecule has 1 aromatic heterocycles. The highest BCUT2D eigenvalue weighted by Gasteiger charge is 2.33. The molecule has 86 valence electrons. The Morgan fingerprint density at radius 1 is 1.56 bits per heavy atom. The molecule has 0 N–H and O–H groups in total. The van der Waals surface area contributed by atoms with Crippen LogP contribution in [0.1, 0.15) is 26.2 Å². The van der Waals surface area contributed by atoms with E-state index in [1.54, 1.807) is 0 Å². The van der Waals surface area contributed by atoms with Gasteiger partial charge in [-0.1, -0.05) is 13.0 Å². The molecule has 1 aliphatic carbocycles. The Hall–Kier alpha value is -0.660. The van der Waals surface area contributed by atoms with Gasteiger partial charge in [0.15, 0.2) is 0 Å². The first-order valence-corrected chi connectivity index (χ1v) is 7.65. The van der Waals surface area contributed by atoms with Gasteiger partial charge in [0.25, 0.3) is 0 Å². The Balaban J connectivity index is 2.17. The van der Waals surface area contributed by atoms with Crippen molar-refractivity contribution < 1.29 is 4.21 Å². The van der Waals surface area contributed by atoms with E-state index in [1.807, 2.05) is 17.5 Å². The standard InChI is InChI=1S/C12H15NOS2/c1-9-4-5-10(8-13)11(7-9)16(14)12-3-2-6-15-12/h2-3,6,9-11H,4-5,7H2,1H3. The molecule has 2 nitrogen and oxygen atoms in total. The second kappa shape index (κ2) is 5.11. The predicted octanol–water partition coefficient (Wildman–Crippen LogP) is 3.18. The van der Waals surface area contributed by atoms with E-state index in [2.05, 4.69) is 13.0 Å². The van der Waals surface area contributed by atoms with Gasteiger partial charge in [-0.25, -0.2) is 0 Å². The first-order chi connectivity index (χ1) is 7.72. The molecular formula is C12H15NOS2. The van der Waals surface area contributed by atoms with Gasteiger partial charge in [0.05, 0.1) is 32.2 Å². The van der Waals surface area contributed by atoms with Gasteiger partial charge in [-0.15, -0.1) is 11.3 Å². The summed E-state index contributed by atoms with van der Waals surface area (Å²) in [5.74, 6) is 0.567. The molecule has 0 aliphatic heterocycles. The van der Waals surface area contributed by atoms with Gasteiger partial charge in [0, 0.05) is 0 Å². The van der Waals surface area contributed by atoms with Crippen LogP contribution in [-0.2, 0) is 10.8 Å². The maximum absolute atomic E-state index is 12.3. The lowest BCUT2D eigenvalue weighted by atomic mass is 9.83. The Bertz CT molecular complexity index is 407. The third-order valence-corrected chi connectivity index (χ3v) is 6.23. The Labute approximate surface area is 103 Å². The lowest BCUT2D eigenvalue weighted by molar-refractivity contribution is 0.341. The summed E-state index contributed by atoms with van der Waals surface area (Å²) in [7, 11) is -0.993. The number of thiophene rings is 1. The smallest absolute Gasteiger partial charge is 0.0913 e. The van der Waals surface area contributed by atoms with Crippen LogP contribution in [0, 0.1) is 23.2 Å². The fourth-order valence-electron chi connectivity index (χ4n) is 2.24. The van der Waals surface area contributed by atoms with Crippen molar-refractivity contribution in [1.82, 2.24) is 0 Å². The van der Waals surface area contributed by atoms with Crippen molar-refractivity contribution in [3.8, 4) is 6.07 Å². The van der Waals surface area contributed by atoms with Gasteiger partial charge < -0.3 is 0 Å². The minimum atomic E-state index is -0.993. The highest BCUT2D eigenvalue weighted by molar-refractivity contribution is 7.87. The minimum absolute atomic E-state index is 0.0286. The lowest BCUT2D eigenvalue weighted by Crippen LogP contribution is -2.31. The normalized spacial score (nSPS) is 31.9. The molecule has 4 unspecified atom stereocenters. The van der Waals surface area contributed by atoms with Crippen LogP contribution in [0.2, 0.25) is 0 Å². The van der Waals surface area contributed by atoms with Crippen molar-refractivity contribution in [2.45, 2.75) is 35.6 Å². The first-order valence-electron chi connectivity index (χ1n) is 5.56. The third kappa shape index (κ3) is 2.36. The monoisotopic (exact) mass is 253 g/mol. The first kappa shape index (κ1) is 11.8. The molecule has 1 saturated carbocycles. The third-order valence-electron chi connectivity index (χ3n) is 3.19. The molecule has 1 aromatic rings. The topological polar surface area (TPSA) is 40.9 Å². The van der Waals surface area contributed by atoms with E-state index in [0.717, 1.165) is 23.5 Å². The van der Waals surface area contributed by atoms with Gasteiger partial charge in [-0.2, -0.15) is 5.26 Å². The summed E-state index contributed by atoms with van der Waals surface area (Å²) in [4.78, 5) is 0. The molecule has 0 saturated heterocycles. The van der Waals surface area contributed by atoms with E-state index < -0.39 is 10.8 Å². The fourth-order valence-corrected chi connectivity index (χ4v) is 5.12. The quantitative estimate of drug-likeness (QED) is 0.812. The van der Waals surface area contributed by atoms with Crippen molar-refractivity contribution in [2.24, 2.45) is 11.8 Å². The average molecular weight is 253 g/mol. The molecule has 4 heteroatoms. The predicted molar refractivity (Wildman–Crippen MR) is 66.6 cm³/mol. The maximum Gasteiger partial charge on any atom is 0.0913 e. The van der Waals surface area contributed by atoms with Crippen LogP contribution >= 0.6 is 11.3 Å². The molecule has 16 heavy (non-hydrogen) atoms. The molecule has 0 bridgehead atoms. The van der Waals surface area contributed by atoms with Crippen molar-refractivity contribution >= 4 is 22.1 Å². The van der Waals surface area contributed by atoms with E-state index >= 15 is 0 Å². The van der Waals surface area contributed by atoms with Gasteiger partial charge in [-0.3, -0.25) is 4.21 Å². The van der Waals surface area contributed by atoms with Crippen molar-refractivity contribution in [3.63, 3.8) is 0 Å². The largest absolute Gasteiger partial charge is 0.253 e. The average Bonchev–Trinajstić information content (AvgIpc) is 2.81. The van der Waals surface area contributed by atoms with Crippen molar-refractivity contribution in [1.29, 1.82) is 5.26 Å². The Morgan fingerprint density at radius 3 is 3.00 bits per heavy atom. The van der Waals surface area contributed by atoms with E-state index in [1.165, 1.54) is 11.3 Å². The van der Waals surface area contributed by atoms with E-state index in [9.17, 15) is 4.21 Å². The SMILES string of the molecule is CC1CCC(C#N)C(S(=O)c2cccs2)C1. The number of nitriles is 1. The zero-order chi connectivity index (χ0) is 11.5. The van der Waals surface area contributed by atoms with Crippen LogP contribution in [0.25, 0.3) is 0 Å². The van der Waals surface area contributed by atoms with Crippen LogP contribution < -0.4 is 0 Å². The summed E-state index contributed by atoms with van der Waals surface area (Å²) in [5, 5.41) is 11.1. The summed E-state index contributed by atoms with van der Waals surface area (Å²) in [5.41, 5.74) is 0. The molecule has 1 heterocycles. The van der Waals surface area contributed by atoms with Gasteiger partial charge in [0.1, 0.15) is 0 Å². The summed E-state index contributed by atoms with van der Waals surface area (Å²) in [6.07, 6.45) is 2.92. The summed E-state index contributed by atoms with van der Waals surface area (Å²) >= 11 is 1.53. The molecule has 2 rings (SSSR count). The molecule has 1 fully saturated rings. The zero-order valence-corrected chi connectivity index (χ0v) is 10.9. The highest BCUT2D eigenvalue weighted by atomic mass is 32.2. The Morgan fingerprint density at radius 2 is 2.38 bits per heavy atom. The summed E-state index contributed by atoms with van der Waals surface area (Å²) in [6.45, 7) is 2.19. The van der Waals surface area contributed by atoms with Gasteiger partial charge >= 0.3 is 0 Å². The molecule has 0 amide bonds. The van der Waals surface area contributed by atoms with E-state index in [4.69, 9.17) is 5.26 Å². The molecule has 1 aliphatic rings. The number of nitrogens with zero attached hydrogens (tertiary/aromatic N) is 1. The summed E-state index contributed by atoms with van der Waals surface area (Å²) < 4.78 is 13.3. The minimum Gasteiger partial charge on any atom is -0.253 e. The van der Waals surface area contributed by atoms with Crippen LogP contribution in [0.4, 0.5) is 0 Å². The van der Waals surface area contributed by atoms with Crippen molar-refractivity contribution in [2.75, 3.05) is 0 Å². The second-order valence-electron chi connectivity index (χ2n) is 4.42. The van der Waals surface area contributed by atoms with E-state index in [-0.39, 0.29) is 11.2 Å². The fraction of sp³-hybridized carbons (Fsp3) is 0.583. The molecular weight excluding hydrogens is 238 g/mol. The second-order valence-corrected chi connectivity index (χ2v) is 7.27. The van der Waals surface area contributed by atoms with Crippen LogP contribution in [0.15, 0.2) is 21.7 Å². The van der Waals surface area contributed by atoms with Crippen LogP contribution in [0.5, 0.6) is 0 Å². The number of hydrogen-bond donors (Lipinski definition) is 0. The zero-order valence-electron chi connectivity index (χ0n) is 9.26. The van der Waals surface area contributed by atoms with E-state index in [0.29, 0.717) is 5.92 Å². The molecule has 0 radical (unpaired) electrons. The molecule has 4 atom stereocenters. The molecule has 0 spiro atoms. The Kier molecular flexibility index (Phi) is 3.78. The molecule has 0 aromatic carbocycles. The van der Waals surface area contributed by atoms with Crippen LogP contribution in [0.3, 0.4) is 0 Å². The maximum atomic E-state index is 12.3. The van der Waals surface area contributed by atoms with Gasteiger partial charge in [-0.05, 0) is 36.6 Å². The van der Waals surface area contributed by atoms with Crippen molar-refractivity contribution in [3.05, 3.63) is 17.5 Å². The highest BCUT2D eigenvalue weighted by Crippen LogP contribution is 2.34. The van der Waals surface area contributed by atoms with Crippen LogP contribution in [-0.4, -0.2) is 9.46 Å². The summed E-state index contributed by atoms with van der Waals surface area (Å²) in [6, 6.07) is 6.16.